The van der Waals surface area contributed by atoms with E-state index in [9.17, 15) is 0 Å². The lowest BCUT2D eigenvalue weighted by molar-refractivity contribution is 0.203. The molecule has 2 aliphatic rings. The van der Waals surface area contributed by atoms with Gasteiger partial charge in [-0.3, -0.25) is 4.99 Å². The topological polar surface area (TPSA) is 45.5 Å². The van der Waals surface area contributed by atoms with E-state index < -0.39 is 0 Å². The molecule has 2 heterocycles. The molecule has 0 amide bonds. The molecular weight excluding hydrogens is 334 g/mol. The van der Waals surface area contributed by atoms with E-state index in [1.807, 2.05) is 25.8 Å². The van der Waals surface area contributed by atoms with Crippen molar-refractivity contribution in [2.75, 3.05) is 20.1 Å². The van der Waals surface area contributed by atoms with Gasteiger partial charge in [-0.05, 0) is 35.8 Å². The zero-order valence-electron chi connectivity index (χ0n) is 16.4. The molecule has 1 aliphatic heterocycles. The van der Waals surface area contributed by atoms with E-state index in [1.165, 1.54) is 56.2 Å². The molecule has 5 heteroatoms. The van der Waals surface area contributed by atoms with Crippen LogP contribution in [0.2, 0.25) is 0 Å². The first-order valence-corrected chi connectivity index (χ1v) is 10.3. The predicted octanol–water partition coefficient (Wildman–Crippen LogP) is 3.66. The molecule has 144 valence electrons. The van der Waals surface area contributed by atoms with Gasteiger partial charge in [0.1, 0.15) is 0 Å². The molecule has 0 bridgehead atoms. The molecule has 1 spiro atoms. The van der Waals surface area contributed by atoms with Crippen molar-refractivity contribution in [1.29, 1.82) is 0 Å². The van der Waals surface area contributed by atoms with Crippen molar-refractivity contribution in [3.63, 3.8) is 0 Å². The Morgan fingerprint density at radius 3 is 2.59 bits per heavy atom. The average molecular weight is 366 g/mol. The van der Waals surface area contributed by atoms with Gasteiger partial charge in [-0.1, -0.05) is 43.5 Å². The summed E-state index contributed by atoms with van der Waals surface area (Å²) in [6, 6.07) is 8.82. The van der Waals surface area contributed by atoms with Gasteiger partial charge in [-0.25, -0.2) is 4.98 Å². The number of benzene rings is 1. The van der Waals surface area contributed by atoms with Gasteiger partial charge in [-0.2, -0.15) is 0 Å². The maximum Gasteiger partial charge on any atom is 0.193 e. The van der Waals surface area contributed by atoms with Crippen LogP contribution in [0.15, 0.2) is 48.0 Å². The van der Waals surface area contributed by atoms with E-state index in [4.69, 9.17) is 0 Å². The van der Waals surface area contributed by atoms with Gasteiger partial charge in [0, 0.05) is 45.6 Å². The number of nitrogens with zero attached hydrogens (tertiary/aromatic N) is 4. The quantitative estimate of drug-likeness (QED) is 0.664. The Kier molecular flexibility index (Phi) is 5.46. The number of hydrogen-bond acceptors (Lipinski definition) is 2. The van der Waals surface area contributed by atoms with Gasteiger partial charge in [0.2, 0.25) is 0 Å². The molecule has 2 aromatic rings. The van der Waals surface area contributed by atoms with E-state index in [-0.39, 0.29) is 0 Å². The van der Waals surface area contributed by atoms with Crippen LogP contribution in [0.25, 0.3) is 0 Å². The number of rotatable bonds is 4. The molecule has 4 rings (SSSR count). The standard InChI is InChI=1S/C22H31N5/c1-23-21(27-13-11-22(17-27)9-3-2-4-10-22)25-15-19-5-7-20(8-6-19)16-26-14-12-24-18-26/h5-8,12,14,18H,2-4,9-11,13,15-17H2,1H3,(H,23,25). The van der Waals surface area contributed by atoms with Crippen molar-refractivity contribution in [2.45, 2.75) is 51.6 Å². The maximum atomic E-state index is 4.55. The van der Waals surface area contributed by atoms with Crippen molar-refractivity contribution in [1.82, 2.24) is 19.8 Å². The molecular formula is C22H31N5. The third-order valence-corrected chi connectivity index (χ3v) is 6.26. The predicted molar refractivity (Wildman–Crippen MR) is 110 cm³/mol. The SMILES string of the molecule is CN=C(NCc1ccc(Cn2ccnc2)cc1)N1CCC2(CCCCC2)C1. The van der Waals surface area contributed by atoms with E-state index >= 15 is 0 Å². The number of imidazole rings is 1. The van der Waals surface area contributed by atoms with E-state index in [1.54, 1.807) is 0 Å². The molecule has 1 saturated carbocycles. The fourth-order valence-electron chi connectivity index (χ4n) is 4.69. The molecule has 5 nitrogen and oxygen atoms in total. The zero-order valence-corrected chi connectivity index (χ0v) is 16.4. The van der Waals surface area contributed by atoms with Crippen LogP contribution in [-0.2, 0) is 13.1 Å². The number of likely N-dealkylation sites (tertiary alicyclic amines) is 1. The molecule has 1 N–H and O–H groups in total. The van der Waals surface area contributed by atoms with Gasteiger partial charge >= 0.3 is 0 Å². The van der Waals surface area contributed by atoms with Crippen LogP contribution in [0.1, 0.15) is 49.7 Å². The average Bonchev–Trinajstić information content (AvgIpc) is 3.35. The lowest BCUT2D eigenvalue weighted by Crippen LogP contribution is -2.41. The molecule has 0 atom stereocenters. The fraction of sp³-hybridized carbons (Fsp3) is 0.545. The summed E-state index contributed by atoms with van der Waals surface area (Å²) in [5.74, 6) is 1.06. The minimum atomic E-state index is 0.560. The molecule has 1 aliphatic carbocycles. The van der Waals surface area contributed by atoms with E-state index in [2.05, 4.69) is 49.0 Å². The second-order valence-corrected chi connectivity index (χ2v) is 8.18. The fourth-order valence-corrected chi connectivity index (χ4v) is 4.69. The minimum Gasteiger partial charge on any atom is -0.352 e. The first kappa shape index (κ1) is 18.1. The van der Waals surface area contributed by atoms with Gasteiger partial charge in [0.05, 0.1) is 6.33 Å². The van der Waals surface area contributed by atoms with Crippen LogP contribution in [0.3, 0.4) is 0 Å². The Hall–Kier alpha value is -2.30. The normalized spacial score (nSPS) is 19.6. The Balaban J connectivity index is 1.30. The van der Waals surface area contributed by atoms with Crippen LogP contribution in [0.5, 0.6) is 0 Å². The molecule has 0 unspecified atom stereocenters. The number of nitrogens with one attached hydrogen (secondary N) is 1. The molecule has 27 heavy (non-hydrogen) atoms. The van der Waals surface area contributed by atoms with Gasteiger partial charge in [0.15, 0.2) is 5.96 Å². The Bertz CT molecular complexity index is 742. The first-order valence-electron chi connectivity index (χ1n) is 10.3. The number of aromatic nitrogens is 2. The first-order chi connectivity index (χ1) is 13.3. The highest BCUT2D eigenvalue weighted by Crippen LogP contribution is 2.43. The molecule has 1 aromatic carbocycles. The van der Waals surface area contributed by atoms with Crippen LogP contribution in [0, 0.1) is 5.41 Å². The summed E-state index contributed by atoms with van der Waals surface area (Å²) < 4.78 is 2.09. The van der Waals surface area contributed by atoms with Crippen molar-refractivity contribution in [3.05, 3.63) is 54.1 Å². The van der Waals surface area contributed by atoms with Gasteiger partial charge in [0.25, 0.3) is 0 Å². The third kappa shape index (κ3) is 4.34. The summed E-state index contributed by atoms with van der Waals surface area (Å²) in [6.45, 7) is 4.01. The van der Waals surface area contributed by atoms with Crippen LogP contribution < -0.4 is 5.32 Å². The van der Waals surface area contributed by atoms with Gasteiger partial charge in [-0.15, -0.1) is 0 Å². The Morgan fingerprint density at radius 1 is 1.11 bits per heavy atom. The molecule has 0 radical (unpaired) electrons. The summed E-state index contributed by atoms with van der Waals surface area (Å²) in [7, 11) is 1.91. The molecule has 1 aromatic heterocycles. The maximum absolute atomic E-state index is 4.55. The minimum absolute atomic E-state index is 0.560. The summed E-state index contributed by atoms with van der Waals surface area (Å²) in [6.07, 6.45) is 14.0. The van der Waals surface area contributed by atoms with Crippen molar-refractivity contribution < 1.29 is 0 Å². The summed E-state index contributed by atoms with van der Waals surface area (Å²) in [4.78, 5) is 11.1. The van der Waals surface area contributed by atoms with Crippen molar-refractivity contribution in [3.8, 4) is 0 Å². The van der Waals surface area contributed by atoms with E-state index in [0.29, 0.717) is 5.41 Å². The monoisotopic (exact) mass is 365 g/mol. The summed E-state index contributed by atoms with van der Waals surface area (Å²) >= 11 is 0. The lowest BCUT2D eigenvalue weighted by Gasteiger charge is -2.33. The second-order valence-electron chi connectivity index (χ2n) is 8.18. The summed E-state index contributed by atoms with van der Waals surface area (Å²) in [5, 5.41) is 3.58. The lowest BCUT2D eigenvalue weighted by atomic mass is 9.73. The van der Waals surface area contributed by atoms with Gasteiger partial charge < -0.3 is 14.8 Å². The highest BCUT2D eigenvalue weighted by molar-refractivity contribution is 5.80. The highest BCUT2D eigenvalue weighted by Gasteiger charge is 2.39. The zero-order chi connectivity index (χ0) is 18.5. The van der Waals surface area contributed by atoms with Crippen LogP contribution in [-0.4, -0.2) is 40.5 Å². The summed E-state index contributed by atoms with van der Waals surface area (Å²) in [5.41, 5.74) is 3.14. The Labute approximate surface area is 162 Å². The molecule has 2 fully saturated rings. The third-order valence-electron chi connectivity index (χ3n) is 6.26. The van der Waals surface area contributed by atoms with Crippen LogP contribution >= 0.6 is 0 Å². The van der Waals surface area contributed by atoms with Crippen molar-refractivity contribution in [2.24, 2.45) is 10.4 Å². The largest absolute Gasteiger partial charge is 0.352 e. The number of hydrogen-bond donors (Lipinski definition) is 1. The highest BCUT2D eigenvalue weighted by atomic mass is 15.3. The Morgan fingerprint density at radius 2 is 1.89 bits per heavy atom. The number of guanidine groups is 1. The second kappa shape index (κ2) is 8.15. The number of aliphatic imine (C=N–C) groups is 1. The van der Waals surface area contributed by atoms with E-state index in [0.717, 1.165) is 25.6 Å². The smallest absolute Gasteiger partial charge is 0.193 e. The van der Waals surface area contributed by atoms with Crippen LogP contribution in [0.4, 0.5) is 0 Å². The molecule has 1 saturated heterocycles. The van der Waals surface area contributed by atoms with Crippen molar-refractivity contribution >= 4 is 5.96 Å².